The third kappa shape index (κ3) is 2.47. The van der Waals surface area contributed by atoms with E-state index in [2.05, 4.69) is 40.2 Å². The van der Waals surface area contributed by atoms with Gasteiger partial charge in [0.1, 0.15) is 17.0 Å². The number of nitrogens with two attached hydrogens (primary N) is 1. The third-order valence-corrected chi connectivity index (χ3v) is 4.09. The summed E-state index contributed by atoms with van der Waals surface area (Å²) < 4.78 is 0. The summed E-state index contributed by atoms with van der Waals surface area (Å²) in [4.78, 5) is 12.2. The summed E-state index contributed by atoms with van der Waals surface area (Å²) in [5.41, 5.74) is 5.75. The molecule has 0 bridgehead atoms. The van der Waals surface area contributed by atoms with Crippen molar-refractivity contribution < 1.29 is 0 Å². The standard InChI is InChI=1S/C13H20N4S/c1-3-10(4-2)17(7-6-14)12-11-5-8-18-13(11)16-9-15-12/h5,8-10H,3-4,6-7,14H2,1-2H3. The first-order valence-corrected chi connectivity index (χ1v) is 7.34. The molecule has 0 aliphatic heterocycles. The average molecular weight is 264 g/mol. The Labute approximate surface area is 112 Å². The van der Waals surface area contributed by atoms with Crippen molar-refractivity contribution in [1.29, 1.82) is 0 Å². The number of nitrogens with zero attached hydrogens (tertiary/aromatic N) is 3. The Morgan fingerprint density at radius 2 is 2.11 bits per heavy atom. The third-order valence-electron chi connectivity index (χ3n) is 3.27. The number of fused-ring (bicyclic) bond motifs is 1. The smallest absolute Gasteiger partial charge is 0.141 e. The van der Waals surface area contributed by atoms with Crippen LogP contribution in [-0.2, 0) is 0 Å². The number of thiophene rings is 1. The number of hydrogen-bond donors (Lipinski definition) is 1. The van der Waals surface area contributed by atoms with Crippen LogP contribution in [-0.4, -0.2) is 29.1 Å². The van der Waals surface area contributed by atoms with E-state index >= 15 is 0 Å². The van der Waals surface area contributed by atoms with E-state index in [9.17, 15) is 0 Å². The molecule has 0 aromatic carbocycles. The normalized spacial score (nSPS) is 11.3. The molecular formula is C13H20N4S. The quantitative estimate of drug-likeness (QED) is 0.871. The van der Waals surface area contributed by atoms with Crippen LogP contribution in [0.1, 0.15) is 26.7 Å². The Balaban J connectivity index is 2.43. The van der Waals surface area contributed by atoms with E-state index in [-0.39, 0.29) is 0 Å². The van der Waals surface area contributed by atoms with Crippen LogP contribution in [0.3, 0.4) is 0 Å². The van der Waals surface area contributed by atoms with Crippen LogP contribution >= 0.6 is 11.3 Å². The van der Waals surface area contributed by atoms with Crippen molar-refractivity contribution in [3.63, 3.8) is 0 Å². The highest BCUT2D eigenvalue weighted by Gasteiger charge is 2.19. The lowest BCUT2D eigenvalue weighted by atomic mass is 10.1. The Bertz CT molecular complexity index is 492. The van der Waals surface area contributed by atoms with Gasteiger partial charge in [-0.25, -0.2) is 9.97 Å². The van der Waals surface area contributed by atoms with E-state index in [1.807, 2.05) is 0 Å². The highest BCUT2D eigenvalue weighted by atomic mass is 32.1. The van der Waals surface area contributed by atoms with Crippen molar-refractivity contribution in [2.75, 3.05) is 18.0 Å². The zero-order valence-corrected chi connectivity index (χ0v) is 11.8. The predicted octanol–water partition coefficient (Wildman–Crippen LogP) is 2.65. The fraction of sp³-hybridized carbons (Fsp3) is 0.538. The van der Waals surface area contributed by atoms with Gasteiger partial charge in [0, 0.05) is 19.1 Å². The maximum atomic E-state index is 5.75. The van der Waals surface area contributed by atoms with E-state index in [1.54, 1.807) is 17.7 Å². The van der Waals surface area contributed by atoms with E-state index in [0.29, 0.717) is 12.6 Å². The van der Waals surface area contributed by atoms with Gasteiger partial charge in [0.15, 0.2) is 0 Å². The van der Waals surface area contributed by atoms with Gasteiger partial charge in [-0.2, -0.15) is 0 Å². The van der Waals surface area contributed by atoms with E-state index in [1.165, 1.54) is 0 Å². The second-order valence-electron chi connectivity index (χ2n) is 4.29. The molecule has 0 fully saturated rings. The Morgan fingerprint density at radius 1 is 1.33 bits per heavy atom. The van der Waals surface area contributed by atoms with E-state index in [0.717, 1.165) is 35.4 Å². The summed E-state index contributed by atoms with van der Waals surface area (Å²) in [5.74, 6) is 1.03. The summed E-state index contributed by atoms with van der Waals surface area (Å²) in [6.07, 6.45) is 3.86. The molecule has 0 saturated heterocycles. The molecule has 0 aliphatic rings. The molecular weight excluding hydrogens is 244 g/mol. The lowest BCUT2D eigenvalue weighted by Crippen LogP contribution is -2.39. The van der Waals surface area contributed by atoms with Crippen molar-refractivity contribution >= 4 is 27.4 Å². The van der Waals surface area contributed by atoms with Gasteiger partial charge in [0.25, 0.3) is 0 Å². The summed E-state index contributed by atoms with van der Waals surface area (Å²) in [6, 6.07) is 2.59. The fourth-order valence-electron chi connectivity index (χ4n) is 2.34. The molecule has 2 heterocycles. The molecule has 0 atom stereocenters. The van der Waals surface area contributed by atoms with Gasteiger partial charge < -0.3 is 10.6 Å². The van der Waals surface area contributed by atoms with Crippen LogP contribution in [0.5, 0.6) is 0 Å². The summed E-state index contributed by atoms with van der Waals surface area (Å²) in [5, 5.41) is 3.21. The van der Waals surface area contributed by atoms with Crippen molar-refractivity contribution in [2.24, 2.45) is 5.73 Å². The molecule has 0 amide bonds. The zero-order chi connectivity index (χ0) is 13.0. The number of aromatic nitrogens is 2. The highest BCUT2D eigenvalue weighted by Crippen LogP contribution is 2.28. The molecule has 0 aliphatic carbocycles. The van der Waals surface area contributed by atoms with Gasteiger partial charge in [-0.15, -0.1) is 11.3 Å². The SMILES string of the molecule is CCC(CC)N(CCN)c1ncnc2sccc12. The molecule has 5 heteroatoms. The summed E-state index contributed by atoms with van der Waals surface area (Å²) >= 11 is 1.65. The van der Waals surface area contributed by atoms with Crippen LogP contribution in [0, 0.1) is 0 Å². The van der Waals surface area contributed by atoms with Crippen LogP contribution in [0.4, 0.5) is 5.82 Å². The first kappa shape index (κ1) is 13.2. The molecule has 0 spiro atoms. The minimum Gasteiger partial charge on any atom is -0.352 e. The van der Waals surface area contributed by atoms with Crippen molar-refractivity contribution in [3.8, 4) is 0 Å². The first-order chi connectivity index (χ1) is 8.81. The molecule has 2 aromatic rings. The van der Waals surface area contributed by atoms with Crippen LogP contribution in [0.2, 0.25) is 0 Å². The number of anilines is 1. The Kier molecular flexibility index (Phi) is 4.49. The first-order valence-electron chi connectivity index (χ1n) is 6.46. The van der Waals surface area contributed by atoms with Gasteiger partial charge in [-0.3, -0.25) is 0 Å². The van der Waals surface area contributed by atoms with Gasteiger partial charge in [0.2, 0.25) is 0 Å². The molecule has 2 N–H and O–H groups in total. The maximum absolute atomic E-state index is 5.75. The van der Waals surface area contributed by atoms with E-state index < -0.39 is 0 Å². The molecule has 18 heavy (non-hydrogen) atoms. The van der Waals surface area contributed by atoms with Crippen LogP contribution < -0.4 is 10.6 Å². The lowest BCUT2D eigenvalue weighted by molar-refractivity contribution is 0.555. The minimum atomic E-state index is 0.492. The summed E-state index contributed by atoms with van der Waals surface area (Å²) in [7, 11) is 0. The molecule has 4 nitrogen and oxygen atoms in total. The monoisotopic (exact) mass is 264 g/mol. The summed E-state index contributed by atoms with van der Waals surface area (Å²) in [6.45, 7) is 5.91. The van der Waals surface area contributed by atoms with Crippen LogP contribution in [0.15, 0.2) is 17.8 Å². The number of rotatable bonds is 6. The number of hydrogen-bond acceptors (Lipinski definition) is 5. The molecule has 2 aromatic heterocycles. The van der Waals surface area contributed by atoms with Gasteiger partial charge >= 0.3 is 0 Å². The van der Waals surface area contributed by atoms with Crippen molar-refractivity contribution in [3.05, 3.63) is 17.8 Å². The topological polar surface area (TPSA) is 55.0 Å². The lowest BCUT2D eigenvalue weighted by Gasteiger charge is -2.31. The molecule has 98 valence electrons. The zero-order valence-electron chi connectivity index (χ0n) is 11.0. The van der Waals surface area contributed by atoms with Crippen molar-refractivity contribution in [2.45, 2.75) is 32.7 Å². The molecule has 0 unspecified atom stereocenters. The predicted molar refractivity (Wildman–Crippen MR) is 78.2 cm³/mol. The Hall–Kier alpha value is -1.20. The maximum Gasteiger partial charge on any atom is 0.141 e. The molecule has 2 rings (SSSR count). The van der Waals surface area contributed by atoms with Gasteiger partial charge in [-0.05, 0) is 24.3 Å². The van der Waals surface area contributed by atoms with Gasteiger partial charge in [-0.1, -0.05) is 13.8 Å². The van der Waals surface area contributed by atoms with Crippen molar-refractivity contribution in [1.82, 2.24) is 9.97 Å². The largest absolute Gasteiger partial charge is 0.352 e. The Morgan fingerprint density at radius 3 is 2.78 bits per heavy atom. The van der Waals surface area contributed by atoms with E-state index in [4.69, 9.17) is 5.73 Å². The molecule has 0 saturated carbocycles. The highest BCUT2D eigenvalue weighted by molar-refractivity contribution is 7.16. The fourth-order valence-corrected chi connectivity index (χ4v) is 3.06. The van der Waals surface area contributed by atoms with Gasteiger partial charge in [0.05, 0.1) is 5.39 Å². The average Bonchev–Trinajstić information content (AvgIpc) is 2.87. The second kappa shape index (κ2) is 6.11. The van der Waals surface area contributed by atoms with Crippen LogP contribution in [0.25, 0.3) is 10.2 Å². The second-order valence-corrected chi connectivity index (χ2v) is 5.18. The minimum absolute atomic E-state index is 0.492. The molecule has 0 radical (unpaired) electrons.